The highest BCUT2D eigenvalue weighted by molar-refractivity contribution is 5.70. The summed E-state index contributed by atoms with van der Waals surface area (Å²) < 4.78 is 4.86. The Hall–Kier alpha value is -1.35. The molecule has 1 aromatic rings. The molecule has 0 amide bonds. The van der Waals surface area contributed by atoms with Crippen molar-refractivity contribution in [3.8, 4) is 0 Å². The molecular weight excluding hydrogens is 202 g/mol. The van der Waals surface area contributed by atoms with Crippen molar-refractivity contribution >= 4 is 5.97 Å². The molecule has 0 aliphatic carbocycles. The van der Waals surface area contributed by atoms with Crippen molar-refractivity contribution in [1.82, 2.24) is 0 Å². The number of esters is 1. The molecule has 1 aromatic carbocycles. The topological polar surface area (TPSA) is 52.3 Å². The number of carbonyl (C=O) groups is 1. The third-order valence-corrected chi connectivity index (χ3v) is 2.51. The van der Waals surface area contributed by atoms with Crippen LogP contribution in [0.5, 0.6) is 0 Å². The lowest BCUT2D eigenvalue weighted by molar-refractivity contribution is -0.143. The summed E-state index contributed by atoms with van der Waals surface area (Å²) in [6, 6.07) is 7.76. The van der Waals surface area contributed by atoms with Crippen molar-refractivity contribution in [2.75, 3.05) is 6.61 Å². The number of benzene rings is 1. The lowest BCUT2D eigenvalue weighted by Crippen LogP contribution is -2.17. The van der Waals surface area contributed by atoms with Crippen molar-refractivity contribution in [2.24, 2.45) is 5.73 Å². The van der Waals surface area contributed by atoms with Gasteiger partial charge in [0.25, 0.3) is 0 Å². The minimum Gasteiger partial charge on any atom is -0.466 e. The van der Waals surface area contributed by atoms with Crippen LogP contribution in [0.3, 0.4) is 0 Å². The Kier molecular flexibility index (Phi) is 4.99. The summed E-state index contributed by atoms with van der Waals surface area (Å²) in [5.74, 6) is -0.241. The van der Waals surface area contributed by atoms with Crippen LogP contribution >= 0.6 is 0 Å². The van der Waals surface area contributed by atoms with Gasteiger partial charge in [-0.1, -0.05) is 31.2 Å². The maximum Gasteiger partial charge on any atom is 0.307 e. The number of rotatable bonds is 5. The van der Waals surface area contributed by atoms with E-state index >= 15 is 0 Å². The quantitative estimate of drug-likeness (QED) is 0.775. The number of hydrogen-bond donors (Lipinski definition) is 1. The lowest BCUT2D eigenvalue weighted by Gasteiger charge is -2.11. The molecule has 0 aromatic heterocycles. The minimum atomic E-state index is -0.273. The molecule has 0 aliphatic rings. The second-order valence-corrected chi connectivity index (χ2v) is 3.71. The summed E-state index contributed by atoms with van der Waals surface area (Å²) in [7, 11) is 0. The molecule has 88 valence electrons. The van der Waals surface area contributed by atoms with E-state index in [0.29, 0.717) is 6.61 Å². The van der Waals surface area contributed by atoms with Gasteiger partial charge in [0, 0.05) is 6.04 Å². The third kappa shape index (κ3) is 3.66. The van der Waals surface area contributed by atoms with E-state index in [0.717, 1.165) is 12.0 Å². The fourth-order valence-corrected chi connectivity index (χ4v) is 1.52. The summed E-state index contributed by atoms with van der Waals surface area (Å²) >= 11 is 0. The minimum absolute atomic E-state index is 0.235. The monoisotopic (exact) mass is 221 g/mol. The zero-order valence-electron chi connectivity index (χ0n) is 9.90. The van der Waals surface area contributed by atoms with Gasteiger partial charge in [-0.25, -0.2) is 0 Å². The van der Waals surface area contributed by atoms with Gasteiger partial charge >= 0.3 is 5.97 Å². The molecule has 0 radical (unpaired) electrons. The summed E-state index contributed by atoms with van der Waals surface area (Å²) in [6.45, 7) is 4.30. The van der Waals surface area contributed by atoms with E-state index in [2.05, 4.69) is 6.92 Å². The van der Waals surface area contributed by atoms with Crippen LogP contribution in [0.15, 0.2) is 24.3 Å². The summed E-state index contributed by atoms with van der Waals surface area (Å²) in [6.07, 6.45) is 1.24. The molecule has 1 rings (SSSR count). The van der Waals surface area contributed by atoms with Gasteiger partial charge in [-0.2, -0.15) is 0 Å². The number of ether oxygens (including phenoxy) is 1. The highest BCUT2D eigenvalue weighted by Crippen LogP contribution is 2.15. The van der Waals surface area contributed by atoms with Gasteiger partial charge < -0.3 is 10.5 Å². The van der Waals surface area contributed by atoms with Crippen LogP contribution in [0.25, 0.3) is 0 Å². The van der Waals surface area contributed by atoms with Gasteiger partial charge in [0.05, 0.1) is 13.0 Å². The van der Waals surface area contributed by atoms with Crippen molar-refractivity contribution in [3.63, 3.8) is 0 Å². The van der Waals surface area contributed by atoms with Gasteiger partial charge in [0.15, 0.2) is 0 Å². The van der Waals surface area contributed by atoms with Crippen molar-refractivity contribution < 1.29 is 9.53 Å². The largest absolute Gasteiger partial charge is 0.466 e. The smallest absolute Gasteiger partial charge is 0.307 e. The van der Waals surface area contributed by atoms with Crippen LogP contribution in [0.4, 0.5) is 0 Å². The first kappa shape index (κ1) is 12.7. The molecule has 0 fully saturated rings. The average molecular weight is 221 g/mol. The van der Waals surface area contributed by atoms with Crippen LogP contribution in [0.2, 0.25) is 0 Å². The lowest BCUT2D eigenvalue weighted by atomic mass is 10.0. The van der Waals surface area contributed by atoms with Crippen LogP contribution in [0, 0.1) is 0 Å². The molecule has 0 bridgehead atoms. The Morgan fingerprint density at radius 2 is 1.94 bits per heavy atom. The van der Waals surface area contributed by atoms with E-state index in [1.807, 2.05) is 24.3 Å². The number of aryl methyl sites for hydroxylation is 1. The van der Waals surface area contributed by atoms with E-state index in [1.54, 1.807) is 6.92 Å². The highest BCUT2D eigenvalue weighted by atomic mass is 16.5. The Morgan fingerprint density at radius 1 is 1.31 bits per heavy atom. The zero-order valence-corrected chi connectivity index (χ0v) is 9.90. The normalized spacial score (nSPS) is 12.2. The van der Waals surface area contributed by atoms with Crippen molar-refractivity contribution in [1.29, 1.82) is 0 Å². The van der Waals surface area contributed by atoms with E-state index in [9.17, 15) is 4.79 Å². The zero-order chi connectivity index (χ0) is 12.0. The number of hydrogen-bond acceptors (Lipinski definition) is 3. The molecule has 0 saturated carbocycles. The molecule has 1 atom stereocenters. The molecule has 0 heterocycles. The standard InChI is InChI=1S/C13H19NO2/c1-3-10-5-7-11(8-6-10)12(14)9-13(15)16-4-2/h5-8,12H,3-4,9,14H2,1-2H3/t12-/m0/s1. The second kappa shape index (κ2) is 6.28. The van der Waals surface area contributed by atoms with Gasteiger partial charge in [-0.15, -0.1) is 0 Å². The van der Waals surface area contributed by atoms with Gasteiger partial charge in [-0.3, -0.25) is 4.79 Å². The Balaban J connectivity index is 2.58. The van der Waals surface area contributed by atoms with Crippen LogP contribution < -0.4 is 5.73 Å². The number of carbonyl (C=O) groups excluding carboxylic acids is 1. The first-order valence-electron chi connectivity index (χ1n) is 5.67. The van der Waals surface area contributed by atoms with E-state index in [1.165, 1.54) is 5.56 Å². The van der Waals surface area contributed by atoms with Gasteiger partial charge in [0.1, 0.15) is 0 Å². The van der Waals surface area contributed by atoms with Crippen LogP contribution in [0.1, 0.15) is 37.4 Å². The first-order valence-corrected chi connectivity index (χ1v) is 5.67. The summed E-state index contributed by atoms with van der Waals surface area (Å²) in [5.41, 5.74) is 8.16. The predicted octanol–water partition coefficient (Wildman–Crippen LogP) is 2.20. The van der Waals surface area contributed by atoms with E-state index in [-0.39, 0.29) is 18.4 Å². The number of nitrogens with two attached hydrogens (primary N) is 1. The molecule has 0 aliphatic heterocycles. The van der Waals surface area contributed by atoms with E-state index < -0.39 is 0 Å². The Labute approximate surface area is 96.6 Å². The summed E-state index contributed by atoms with van der Waals surface area (Å²) in [5, 5.41) is 0. The fourth-order valence-electron chi connectivity index (χ4n) is 1.52. The van der Waals surface area contributed by atoms with Crippen LogP contribution in [-0.4, -0.2) is 12.6 Å². The van der Waals surface area contributed by atoms with E-state index in [4.69, 9.17) is 10.5 Å². The molecule has 0 spiro atoms. The van der Waals surface area contributed by atoms with Gasteiger partial charge in [0.2, 0.25) is 0 Å². The van der Waals surface area contributed by atoms with Crippen molar-refractivity contribution in [3.05, 3.63) is 35.4 Å². The maximum absolute atomic E-state index is 11.2. The van der Waals surface area contributed by atoms with Crippen molar-refractivity contribution in [2.45, 2.75) is 32.7 Å². The SMILES string of the molecule is CCOC(=O)C[C@H](N)c1ccc(CC)cc1. The molecule has 3 heteroatoms. The van der Waals surface area contributed by atoms with Gasteiger partial charge in [-0.05, 0) is 24.5 Å². The fraction of sp³-hybridized carbons (Fsp3) is 0.462. The maximum atomic E-state index is 11.2. The summed E-state index contributed by atoms with van der Waals surface area (Å²) in [4.78, 5) is 11.2. The molecule has 2 N–H and O–H groups in total. The van der Waals surface area contributed by atoms with Crippen LogP contribution in [-0.2, 0) is 16.0 Å². The highest BCUT2D eigenvalue weighted by Gasteiger charge is 2.11. The molecule has 16 heavy (non-hydrogen) atoms. The molecule has 0 unspecified atom stereocenters. The Bertz CT molecular complexity index is 332. The predicted molar refractivity (Wildman–Crippen MR) is 64.0 cm³/mol. The molecule has 0 saturated heterocycles. The Morgan fingerprint density at radius 3 is 2.44 bits per heavy atom. The molecular formula is C13H19NO2. The third-order valence-electron chi connectivity index (χ3n) is 2.51. The molecule has 3 nitrogen and oxygen atoms in total. The second-order valence-electron chi connectivity index (χ2n) is 3.71. The average Bonchev–Trinajstić information content (AvgIpc) is 2.29. The first-order chi connectivity index (χ1) is 7.67.